The molecule has 0 radical (unpaired) electrons. The van der Waals surface area contributed by atoms with E-state index in [4.69, 9.17) is 21.6 Å². The van der Waals surface area contributed by atoms with Crippen LogP contribution in [0.5, 0.6) is 0 Å². The third-order valence-corrected chi connectivity index (χ3v) is 6.97. The molecule has 1 aliphatic rings. The largest absolute Gasteiger partial charge is 0.309 e. The normalized spacial score (nSPS) is 18.0. The molecule has 5 aromatic rings. The number of hydrogen-bond acceptors (Lipinski definition) is 5. The van der Waals surface area contributed by atoms with E-state index in [1.165, 1.54) is 0 Å². The average molecular weight is 469 g/mol. The highest BCUT2D eigenvalue weighted by Gasteiger charge is 2.34. The van der Waals surface area contributed by atoms with Crippen LogP contribution in [0.15, 0.2) is 67.3 Å². The molecule has 0 atom stereocenters. The number of aromatic nitrogens is 5. The fraction of sp³-hybridized carbons (Fsp3) is 0.259. The number of nitrogens with zero attached hydrogens (tertiary/aromatic N) is 6. The zero-order valence-corrected chi connectivity index (χ0v) is 19.9. The van der Waals surface area contributed by atoms with Gasteiger partial charge in [-0.2, -0.15) is 0 Å². The second-order valence-corrected chi connectivity index (χ2v) is 9.79. The van der Waals surface area contributed by atoms with Gasteiger partial charge in [0, 0.05) is 42.0 Å². The third-order valence-electron chi connectivity index (χ3n) is 6.66. The van der Waals surface area contributed by atoms with Crippen molar-refractivity contribution in [3.8, 4) is 22.6 Å². The molecule has 4 aromatic heterocycles. The van der Waals surface area contributed by atoms with Crippen LogP contribution in [0, 0.1) is 5.92 Å². The predicted molar refractivity (Wildman–Crippen MR) is 136 cm³/mol. The van der Waals surface area contributed by atoms with Crippen LogP contribution in [0.3, 0.4) is 0 Å². The van der Waals surface area contributed by atoms with E-state index in [1.54, 1.807) is 6.20 Å². The Kier molecular flexibility index (Phi) is 5.27. The maximum Gasteiger partial charge on any atom is 0.117 e. The molecular formula is C27H25ClN6. The van der Waals surface area contributed by atoms with E-state index >= 15 is 0 Å². The Morgan fingerprint density at radius 2 is 1.91 bits per heavy atom. The highest BCUT2D eigenvalue weighted by molar-refractivity contribution is 6.34. The molecule has 0 unspecified atom stereocenters. The Bertz CT molecular complexity index is 1490. The van der Waals surface area contributed by atoms with Gasteiger partial charge in [0.05, 0.1) is 39.3 Å². The number of pyridine rings is 2. The number of hydrogen-bond donors (Lipinski definition) is 0. The van der Waals surface area contributed by atoms with Gasteiger partial charge < -0.3 is 4.90 Å². The van der Waals surface area contributed by atoms with E-state index in [2.05, 4.69) is 33.4 Å². The number of benzene rings is 1. The maximum atomic E-state index is 6.80. The van der Waals surface area contributed by atoms with Gasteiger partial charge in [0.15, 0.2) is 0 Å². The lowest BCUT2D eigenvalue weighted by Crippen LogP contribution is -2.32. The summed E-state index contributed by atoms with van der Waals surface area (Å²) >= 11 is 6.80. The lowest BCUT2D eigenvalue weighted by molar-refractivity contribution is 0.194. The predicted octanol–water partition coefficient (Wildman–Crippen LogP) is 5.72. The van der Waals surface area contributed by atoms with Crippen molar-refractivity contribution >= 4 is 28.0 Å². The smallest absolute Gasteiger partial charge is 0.117 e. The number of imidazole rings is 1. The summed E-state index contributed by atoms with van der Waals surface area (Å²) in [5.74, 6) is 2.26. The molecule has 0 bridgehead atoms. The summed E-state index contributed by atoms with van der Waals surface area (Å²) in [5.41, 5.74) is 5.24. The summed E-state index contributed by atoms with van der Waals surface area (Å²) in [5, 5.41) is 1.65. The van der Waals surface area contributed by atoms with Crippen LogP contribution in [0.25, 0.3) is 39.1 Å². The Morgan fingerprint density at radius 1 is 1.03 bits per heavy atom. The molecule has 34 heavy (non-hydrogen) atoms. The van der Waals surface area contributed by atoms with Gasteiger partial charge in [-0.15, -0.1) is 0 Å². The third kappa shape index (κ3) is 3.73. The van der Waals surface area contributed by atoms with Gasteiger partial charge in [0.25, 0.3) is 0 Å². The highest BCUT2D eigenvalue weighted by Crippen LogP contribution is 2.43. The molecule has 0 amide bonds. The van der Waals surface area contributed by atoms with E-state index < -0.39 is 0 Å². The minimum Gasteiger partial charge on any atom is -0.309 e. The van der Waals surface area contributed by atoms with E-state index in [9.17, 15) is 0 Å². The van der Waals surface area contributed by atoms with Crippen molar-refractivity contribution < 1.29 is 0 Å². The summed E-state index contributed by atoms with van der Waals surface area (Å²) in [6.07, 6.45) is 9.79. The highest BCUT2D eigenvalue weighted by atomic mass is 35.5. The fourth-order valence-electron chi connectivity index (χ4n) is 5.04. The molecule has 1 aromatic carbocycles. The van der Waals surface area contributed by atoms with Gasteiger partial charge in [-0.25, -0.2) is 9.97 Å². The first-order chi connectivity index (χ1) is 16.6. The molecule has 7 heteroatoms. The van der Waals surface area contributed by atoms with Crippen LogP contribution in [0.2, 0.25) is 5.02 Å². The first-order valence-electron chi connectivity index (χ1n) is 11.6. The van der Waals surface area contributed by atoms with E-state index in [1.807, 2.05) is 61.1 Å². The Labute approximate surface area is 203 Å². The van der Waals surface area contributed by atoms with Crippen molar-refractivity contribution in [2.45, 2.75) is 18.8 Å². The molecule has 1 aliphatic carbocycles. The molecular weight excluding hydrogens is 444 g/mol. The molecule has 170 valence electrons. The van der Waals surface area contributed by atoms with Gasteiger partial charge in [0.2, 0.25) is 0 Å². The number of fused-ring (bicyclic) bond motifs is 2. The van der Waals surface area contributed by atoms with Crippen LogP contribution in [0.4, 0.5) is 0 Å². The molecule has 4 heterocycles. The lowest BCUT2D eigenvalue weighted by atomic mass is 9.74. The second kappa shape index (κ2) is 8.46. The lowest BCUT2D eigenvalue weighted by Gasteiger charge is -2.36. The maximum absolute atomic E-state index is 6.80. The fourth-order valence-corrected chi connectivity index (χ4v) is 5.30. The summed E-state index contributed by atoms with van der Waals surface area (Å²) in [7, 11) is 4.27. The van der Waals surface area contributed by atoms with E-state index in [-0.39, 0.29) is 0 Å². The standard InChI is InChI=1S/C27H25ClN6/c1-33(2)16-17-11-19(12-17)27-32-26(25-15-29-9-10-34(25)27)20-14-24-18(13-21(20)28)6-7-23(31-24)22-5-3-4-8-30-22/h3-10,13-15,17,19H,11-12,16H2,1-2H3. The van der Waals surface area contributed by atoms with Gasteiger partial charge in [-0.05, 0) is 63.2 Å². The number of rotatable bonds is 5. The zero-order valence-electron chi connectivity index (χ0n) is 19.2. The molecule has 0 N–H and O–H groups in total. The minimum atomic E-state index is 0.446. The van der Waals surface area contributed by atoms with Crippen molar-refractivity contribution in [1.82, 2.24) is 29.2 Å². The monoisotopic (exact) mass is 468 g/mol. The van der Waals surface area contributed by atoms with Crippen molar-refractivity contribution in [2.75, 3.05) is 20.6 Å². The SMILES string of the molecule is CN(C)CC1CC(c2nc(-c3cc4nc(-c5ccccn5)ccc4cc3Cl)c3cnccn23)C1. The molecule has 0 saturated heterocycles. The molecule has 0 spiro atoms. The van der Waals surface area contributed by atoms with Crippen LogP contribution in [0.1, 0.15) is 24.6 Å². The van der Waals surface area contributed by atoms with Gasteiger partial charge >= 0.3 is 0 Å². The van der Waals surface area contributed by atoms with E-state index in [0.29, 0.717) is 10.9 Å². The first kappa shape index (κ1) is 21.2. The summed E-state index contributed by atoms with van der Waals surface area (Å²) < 4.78 is 2.18. The number of halogens is 1. The Morgan fingerprint density at radius 3 is 2.71 bits per heavy atom. The molecule has 6 nitrogen and oxygen atoms in total. The quantitative estimate of drug-likeness (QED) is 0.330. The van der Waals surface area contributed by atoms with Gasteiger partial charge in [-0.1, -0.05) is 23.7 Å². The zero-order chi connectivity index (χ0) is 23.2. The van der Waals surface area contributed by atoms with Crippen LogP contribution in [-0.4, -0.2) is 49.9 Å². The molecule has 0 aliphatic heterocycles. The summed E-state index contributed by atoms with van der Waals surface area (Å²) in [6.45, 7) is 1.12. The van der Waals surface area contributed by atoms with Crippen molar-refractivity contribution in [3.63, 3.8) is 0 Å². The van der Waals surface area contributed by atoms with E-state index in [0.717, 1.165) is 70.2 Å². The minimum absolute atomic E-state index is 0.446. The Hall–Kier alpha value is -3.35. The van der Waals surface area contributed by atoms with Crippen molar-refractivity contribution in [2.24, 2.45) is 5.92 Å². The van der Waals surface area contributed by atoms with Crippen molar-refractivity contribution in [3.05, 3.63) is 78.1 Å². The van der Waals surface area contributed by atoms with Gasteiger partial charge in [0.1, 0.15) is 5.82 Å². The van der Waals surface area contributed by atoms with Gasteiger partial charge in [-0.3, -0.25) is 14.4 Å². The summed E-state index contributed by atoms with van der Waals surface area (Å²) in [4.78, 5) is 21.1. The molecule has 1 saturated carbocycles. The Balaban J connectivity index is 1.43. The van der Waals surface area contributed by atoms with Crippen LogP contribution in [-0.2, 0) is 0 Å². The van der Waals surface area contributed by atoms with Crippen molar-refractivity contribution in [1.29, 1.82) is 0 Å². The van der Waals surface area contributed by atoms with Crippen LogP contribution >= 0.6 is 11.6 Å². The molecule has 1 fully saturated rings. The average Bonchev–Trinajstić information content (AvgIpc) is 3.20. The first-order valence-corrected chi connectivity index (χ1v) is 11.9. The topological polar surface area (TPSA) is 59.2 Å². The summed E-state index contributed by atoms with van der Waals surface area (Å²) in [6, 6.07) is 13.9. The second-order valence-electron chi connectivity index (χ2n) is 9.38. The molecule has 6 rings (SSSR count). The van der Waals surface area contributed by atoms with Crippen LogP contribution < -0.4 is 0 Å².